The lowest BCUT2D eigenvalue weighted by Crippen LogP contribution is -1.93. The minimum absolute atomic E-state index is 0.429. The van der Waals surface area contributed by atoms with Crippen LogP contribution in [0, 0.1) is 66.8 Å². The summed E-state index contributed by atoms with van der Waals surface area (Å²) in [7, 11) is 0. The second-order valence-corrected chi connectivity index (χ2v) is 5.99. The van der Waals surface area contributed by atoms with Gasteiger partial charge in [0.1, 0.15) is 11.9 Å². The zero-order chi connectivity index (χ0) is 20.2. The minimum atomic E-state index is 0.429. The molecule has 0 aliphatic heterocycles. The third-order valence-electron chi connectivity index (χ3n) is 3.68. The second-order valence-electron chi connectivity index (χ2n) is 5.45. The first kappa shape index (κ1) is 20.9. The zero-order valence-electron chi connectivity index (χ0n) is 15.1. The topological polar surface area (TPSA) is 9.23 Å². The highest BCUT2D eigenvalue weighted by Crippen LogP contribution is 2.30. The van der Waals surface area contributed by atoms with Crippen LogP contribution >= 0.6 is 23.2 Å². The SMILES string of the molecule is C#CC#CC#CC#CC#COc1ccc(-c2cc(CCl)c(C)cc2CCl)cc1. The lowest BCUT2D eigenvalue weighted by molar-refractivity contribution is 0.520. The van der Waals surface area contributed by atoms with Crippen molar-refractivity contribution in [3.05, 3.63) is 53.1 Å². The van der Waals surface area contributed by atoms with E-state index in [1.165, 1.54) is 0 Å². The molecule has 2 aromatic rings. The summed E-state index contributed by atoms with van der Waals surface area (Å²) in [5.74, 6) is 21.1. The summed E-state index contributed by atoms with van der Waals surface area (Å²) < 4.78 is 5.35. The minimum Gasteiger partial charge on any atom is -0.407 e. The van der Waals surface area contributed by atoms with E-state index in [1.807, 2.05) is 31.2 Å². The predicted molar refractivity (Wildman–Crippen MR) is 116 cm³/mol. The number of aryl methyl sites for hydroxylation is 1. The summed E-state index contributed by atoms with van der Waals surface area (Å²) in [5.41, 5.74) is 5.38. The first-order valence-electron chi connectivity index (χ1n) is 8.16. The van der Waals surface area contributed by atoms with Crippen molar-refractivity contribution < 1.29 is 4.74 Å². The van der Waals surface area contributed by atoms with Gasteiger partial charge >= 0.3 is 0 Å². The van der Waals surface area contributed by atoms with E-state index in [4.69, 9.17) is 34.4 Å². The molecule has 0 heterocycles. The number of alkyl halides is 2. The summed E-state index contributed by atoms with van der Waals surface area (Å²) >= 11 is 12.1. The molecule has 2 aromatic carbocycles. The number of halogens is 2. The Hall–Kier alpha value is -3.38. The van der Waals surface area contributed by atoms with Crippen molar-refractivity contribution in [3.8, 4) is 76.8 Å². The molecule has 0 aromatic heterocycles. The molecule has 0 bridgehead atoms. The average molecular weight is 401 g/mol. The standard InChI is InChI=1S/C25H14Cl2O/c1-3-4-5-6-7-8-9-10-15-28-24-13-11-21(12-14-24)25-17-22(18-26)20(2)16-23(25)19-27/h1,11-14,16-17H,18-19H2,2H3. The van der Waals surface area contributed by atoms with Gasteiger partial charge in [-0.3, -0.25) is 0 Å². The van der Waals surface area contributed by atoms with E-state index < -0.39 is 0 Å². The summed E-state index contributed by atoms with van der Waals surface area (Å²) in [6, 6.07) is 11.7. The van der Waals surface area contributed by atoms with E-state index in [0.717, 1.165) is 27.8 Å². The summed E-state index contributed by atoms with van der Waals surface area (Å²) in [6.45, 7) is 2.03. The fraction of sp³-hybridized carbons (Fsp3) is 0.120. The molecule has 0 aliphatic carbocycles. The Morgan fingerprint density at radius 2 is 1.43 bits per heavy atom. The molecule has 0 unspecified atom stereocenters. The van der Waals surface area contributed by atoms with Crippen LogP contribution in [0.5, 0.6) is 5.75 Å². The van der Waals surface area contributed by atoms with Gasteiger partial charge in [0.15, 0.2) is 0 Å². The Morgan fingerprint density at radius 1 is 0.821 bits per heavy atom. The van der Waals surface area contributed by atoms with Crippen molar-refractivity contribution in [2.24, 2.45) is 0 Å². The van der Waals surface area contributed by atoms with Gasteiger partial charge in [-0.15, -0.1) is 29.6 Å². The third kappa shape index (κ3) is 6.10. The number of ether oxygens (including phenoxy) is 1. The summed E-state index contributed by atoms with van der Waals surface area (Å²) in [5, 5.41) is 0. The van der Waals surface area contributed by atoms with Crippen LogP contribution in [0.15, 0.2) is 36.4 Å². The Morgan fingerprint density at radius 3 is 2.04 bits per heavy atom. The molecule has 0 aliphatic rings. The van der Waals surface area contributed by atoms with E-state index >= 15 is 0 Å². The van der Waals surface area contributed by atoms with Gasteiger partial charge in [0.05, 0.1) is 0 Å². The van der Waals surface area contributed by atoms with Crippen LogP contribution in [-0.2, 0) is 11.8 Å². The zero-order valence-corrected chi connectivity index (χ0v) is 16.6. The number of terminal acetylenes is 1. The van der Waals surface area contributed by atoms with Gasteiger partial charge < -0.3 is 4.74 Å². The molecule has 28 heavy (non-hydrogen) atoms. The lowest BCUT2D eigenvalue weighted by atomic mass is 9.95. The molecular weight excluding hydrogens is 387 g/mol. The number of hydrogen-bond donors (Lipinski definition) is 0. The predicted octanol–water partition coefficient (Wildman–Crippen LogP) is 5.12. The average Bonchev–Trinajstić information content (AvgIpc) is 2.73. The van der Waals surface area contributed by atoms with Crippen LogP contribution < -0.4 is 4.74 Å². The molecule has 0 fully saturated rings. The van der Waals surface area contributed by atoms with Crippen molar-refractivity contribution in [3.63, 3.8) is 0 Å². The van der Waals surface area contributed by atoms with E-state index in [-0.39, 0.29) is 0 Å². The van der Waals surface area contributed by atoms with Gasteiger partial charge in [0, 0.05) is 35.4 Å². The van der Waals surface area contributed by atoms with Crippen LogP contribution in [0.1, 0.15) is 16.7 Å². The molecular formula is C25H14Cl2O. The van der Waals surface area contributed by atoms with Crippen molar-refractivity contribution in [2.45, 2.75) is 18.7 Å². The Balaban J connectivity index is 2.11. The van der Waals surface area contributed by atoms with E-state index in [2.05, 4.69) is 65.6 Å². The van der Waals surface area contributed by atoms with Gasteiger partial charge in [-0.25, -0.2) is 0 Å². The van der Waals surface area contributed by atoms with Gasteiger partial charge in [-0.1, -0.05) is 18.2 Å². The molecule has 0 N–H and O–H groups in total. The number of rotatable bonds is 4. The summed E-state index contributed by atoms with van der Waals surface area (Å²) in [4.78, 5) is 0. The van der Waals surface area contributed by atoms with Crippen molar-refractivity contribution in [1.29, 1.82) is 0 Å². The smallest absolute Gasteiger partial charge is 0.140 e. The highest BCUT2D eigenvalue weighted by atomic mass is 35.5. The van der Waals surface area contributed by atoms with Gasteiger partial charge in [-0.2, -0.15) is 0 Å². The van der Waals surface area contributed by atoms with Gasteiger partial charge in [0.2, 0.25) is 0 Å². The molecule has 1 nitrogen and oxygen atoms in total. The van der Waals surface area contributed by atoms with Gasteiger partial charge in [-0.05, 0) is 76.6 Å². The van der Waals surface area contributed by atoms with Crippen LogP contribution in [-0.4, -0.2) is 0 Å². The third-order valence-corrected chi connectivity index (χ3v) is 4.26. The van der Waals surface area contributed by atoms with Crippen LogP contribution in [0.4, 0.5) is 0 Å². The normalized spacial score (nSPS) is 8.36. The fourth-order valence-electron chi connectivity index (χ4n) is 2.34. The number of benzene rings is 2. The van der Waals surface area contributed by atoms with Crippen LogP contribution in [0.3, 0.4) is 0 Å². The van der Waals surface area contributed by atoms with Crippen molar-refractivity contribution in [2.75, 3.05) is 0 Å². The van der Waals surface area contributed by atoms with E-state index in [9.17, 15) is 0 Å². The maximum absolute atomic E-state index is 6.11. The lowest BCUT2D eigenvalue weighted by Gasteiger charge is -2.12. The Bertz CT molecular complexity index is 1140. The molecule has 0 amide bonds. The molecule has 0 radical (unpaired) electrons. The highest BCUT2D eigenvalue weighted by molar-refractivity contribution is 6.18. The molecule has 2 rings (SSSR count). The van der Waals surface area contributed by atoms with E-state index in [0.29, 0.717) is 17.5 Å². The van der Waals surface area contributed by atoms with Crippen LogP contribution in [0.25, 0.3) is 11.1 Å². The maximum atomic E-state index is 6.11. The Labute approximate surface area is 176 Å². The van der Waals surface area contributed by atoms with Crippen molar-refractivity contribution >= 4 is 23.2 Å². The summed E-state index contributed by atoms with van der Waals surface area (Å²) in [6.07, 6.45) is 7.48. The highest BCUT2D eigenvalue weighted by Gasteiger charge is 2.09. The molecule has 0 atom stereocenters. The first-order valence-corrected chi connectivity index (χ1v) is 9.23. The molecule has 134 valence electrons. The molecule has 0 saturated heterocycles. The van der Waals surface area contributed by atoms with E-state index in [1.54, 1.807) is 0 Å². The van der Waals surface area contributed by atoms with Gasteiger partial charge in [0.25, 0.3) is 0 Å². The van der Waals surface area contributed by atoms with Crippen LogP contribution in [0.2, 0.25) is 0 Å². The second kappa shape index (κ2) is 11.4. The fourth-order valence-corrected chi connectivity index (χ4v) is 2.85. The molecule has 0 spiro atoms. The molecule has 3 heteroatoms. The number of hydrogen-bond acceptors (Lipinski definition) is 1. The first-order chi connectivity index (χ1) is 13.7. The van der Waals surface area contributed by atoms with Crippen molar-refractivity contribution in [1.82, 2.24) is 0 Å². The Kier molecular flexibility index (Phi) is 8.49. The maximum Gasteiger partial charge on any atom is 0.140 e. The molecule has 0 saturated carbocycles. The monoisotopic (exact) mass is 400 g/mol. The largest absolute Gasteiger partial charge is 0.407 e. The quantitative estimate of drug-likeness (QED) is 0.510.